The molecular formula is C21H23NO6. The third kappa shape index (κ3) is 5.16. The molecule has 2 aromatic rings. The lowest BCUT2D eigenvalue weighted by Crippen LogP contribution is -2.30. The third-order valence-corrected chi connectivity index (χ3v) is 4.07. The molecule has 1 N–H and O–H groups in total. The fourth-order valence-electron chi connectivity index (χ4n) is 2.70. The smallest absolute Gasteiger partial charge is 0.311 e. The van der Waals surface area contributed by atoms with Crippen LogP contribution in [0.15, 0.2) is 42.5 Å². The van der Waals surface area contributed by atoms with Crippen molar-refractivity contribution in [2.24, 2.45) is 0 Å². The number of hydrogen-bond acceptors (Lipinski definition) is 6. The lowest BCUT2D eigenvalue weighted by molar-refractivity contribution is -0.152. The molecule has 1 unspecified atom stereocenters. The average Bonchev–Trinajstić information content (AvgIpc) is 2.69. The zero-order valence-corrected chi connectivity index (χ0v) is 15.9. The molecule has 1 aliphatic heterocycles. The highest BCUT2D eigenvalue weighted by atomic mass is 16.6. The Morgan fingerprint density at radius 1 is 1.07 bits per heavy atom. The summed E-state index contributed by atoms with van der Waals surface area (Å²) in [5.74, 6) is 1.09. The summed E-state index contributed by atoms with van der Waals surface area (Å²) in [6, 6.07) is 12.3. The van der Waals surface area contributed by atoms with Gasteiger partial charge < -0.3 is 24.3 Å². The van der Waals surface area contributed by atoms with Gasteiger partial charge in [-0.25, -0.2) is 0 Å². The van der Waals surface area contributed by atoms with E-state index in [4.69, 9.17) is 18.9 Å². The van der Waals surface area contributed by atoms with Crippen LogP contribution in [0.5, 0.6) is 17.2 Å². The molecule has 0 aromatic heterocycles. The fraction of sp³-hybridized carbons (Fsp3) is 0.333. The number of carbonyl (C=O) groups is 2. The summed E-state index contributed by atoms with van der Waals surface area (Å²) < 4.78 is 21.6. The van der Waals surface area contributed by atoms with Gasteiger partial charge in [-0.2, -0.15) is 0 Å². The standard InChI is InChI=1S/C21H23NO6/c1-3-25-17-7-5-16(6-8-17)22-21(24)14(2)28-20(23)13-15-4-9-18-19(12-15)27-11-10-26-18/h4-9,12,14H,3,10-11,13H2,1-2H3,(H,22,24). The maximum atomic E-state index is 12.2. The summed E-state index contributed by atoms with van der Waals surface area (Å²) >= 11 is 0. The molecule has 3 rings (SSSR count). The third-order valence-electron chi connectivity index (χ3n) is 4.07. The highest BCUT2D eigenvalue weighted by Gasteiger charge is 2.19. The van der Waals surface area contributed by atoms with Crippen molar-refractivity contribution in [2.75, 3.05) is 25.1 Å². The number of fused-ring (bicyclic) bond motifs is 1. The number of esters is 1. The van der Waals surface area contributed by atoms with E-state index in [1.54, 1.807) is 42.5 Å². The Balaban J connectivity index is 1.51. The van der Waals surface area contributed by atoms with Gasteiger partial charge in [0.2, 0.25) is 0 Å². The predicted octanol–water partition coefficient (Wildman–Crippen LogP) is 2.97. The number of carbonyl (C=O) groups excluding carboxylic acids is 2. The maximum absolute atomic E-state index is 12.2. The van der Waals surface area contributed by atoms with Crippen LogP contribution < -0.4 is 19.5 Å². The first kappa shape index (κ1) is 19.5. The van der Waals surface area contributed by atoms with Gasteiger partial charge in [0.25, 0.3) is 5.91 Å². The molecule has 7 heteroatoms. The first-order valence-corrected chi connectivity index (χ1v) is 9.17. The molecule has 0 aliphatic carbocycles. The van der Waals surface area contributed by atoms with Crippen LogP contribution >= 0.6 is 0 Å². The van der Waals surface area contributed by atoms with Crippen LogP contribution in [0.25, 0.3) is 0 Å². The molecule has 0 spiro atoms. The first-order valence-electron chi connectivity index (χ1n) is 9.17. The second-order valence-electron chi connectivity index (χ2n) is 6.23. The molecule has 148 valence electrons. The van der Waals surface area contributed by atoms with Gasteiger partial charge in [0.15, 0.2) is 17.6 Å². The minimum Gasteiger partial charge on any atom is -0.494 e. The van der Waals surface area contributed by atoms with Crippen LogP contribution in [-0.2, 0) is 20.7 Å². The summed E-state index contributed by atoms with van der Waals surface area (Å²) in [6.45, 7) is 4.99. The van der Waals surface area contributed by atoms with Crippen LogP contribution in [-0.4, -0.2) is 37.8 Å². The van der Waals surface area contributed by atoms with Crippen LogP contribution in [0.1, 0.15) is 19.4 Å². The van der Waals surface area contributed by atoms with E-state index in [1.165, 1.54) is 6.92 Å². The van der Waals surface area contributed by atoms with E-state index in [0.29, 0.717) is 37.0 Å². The van der Waals surface area contributed by atoms with E-state index < -0.39 is 18.0 Å². The van der Waals surface area contributed by atoms with Crippen LogP contribution in [0.2, 0.25) is 0 Å². The average molecular weight is 385 g/mol. The second kappa shape index (κ2) is 9.12. The van der Waals surface area contributed by atoms with E-state index in [9.17, 15) is 9.59 Å². The lowest BCUT2D eigenvalue weighted by Gasteiger charge is -2.19. The van der Waals surface area contributed by atoms with Gasteiger partial charge in [-0.1, -0.05) is 6.07 Å². The summed E-state index contributed by atoms with van der Waals surface area (Å²) in [5, 5.41) is 2.71. The van der Waals surface area contributed by atoms with E-state index in [1.807, 2.05) is 6.92 Å². The summed E-state index contributed by atoms with van der Waals surface area (Å²) in [7, 11) is 0. The molecule has 1 amide bonds. The zero-order chi connectivity index (χ0) is 19.9. The number of ether oxygens (including phenoxy) is 4. The van der Waals surface area contributed by atoms with Crippen LogP contribution in [0, 0.1) is 0 Å². The lowest BCUT2D eigenvalue weighted by atomic mass is 10.1. The van der Waals surface area contributed by atoms with Crippen molar-refractivity contribution in [1.29, 1.82) is 0 Å². The summed E-state index contributed by atoms with van der Waals surface area (Å²) in [6.07, 6.45) is -0.881. The molecule has 0 saturated carbocycles. The molecule has 0 fully saturated rings. The monoisotopic (exact) mass is 385 g/mol. The number of amides is 1. The van der Waals surface area contributed by atoms with Gasteiger partial charge >= 0.3 is 5.97 Å². The van der Waals surface area contributed by atoms with Gasteiger partial charge in [0, 0.05) is 5.69 Å². The van der Waals surface area contributed by atoms with Gasteiger partial charge in [-0.3, -0.25) is 9.59 Å². The molecule has 0 saturated heterocycles. The fourth-order valence-corrected chi connectivity index (χ4v) is 2.70. The summed E-state index contributed by atoms with van der Waals surface area (Å²) in [5.41, 5.74) is 1.33. The van der Waals surface area contributed by atoms with Crippen LogP contribution in [0.3, 0.4) is 0 Å². The van der Waals surface area contributed by atoms with Crippen molar-refractivity contribution in [3.8, 4) is 17.2 Å². The topological polar surface area (TPSA) is 83.1 Å². The molecule has 1 aliphatic rings. The molecule has 0 radical (unpaired) electrons. The minimum absolute atomic E-state index is 0.0390. The van der Waals surface area contributed by atoms with Crippen molar-refractivity contribution < 1.29 is 28.5 Å². The molecule has 2 aromatic carbocycles. The Labute approximate surface area is 163 Å². The predicted molar refractivity (Wildman–Crippen MR) is 103 cm³/mol. The van der Waals surface area contributed by atoms with Gasteiger partial charge in [0.1, 0.15) is 19.0 Å². The van der Waals surface area contributed by atoms with Gasteiger partial charge in [-0.05, 0) is 55.8 Å². The number of anilines is 1. The van der Waals surface area contributed by atoms with Crippen molar-refractivity contribution in [3.63, 3.8) is 0 Å². The Morgan fingerprint density at radius 3 is 2.50 bits per heavy atom. The number of benzene rings is 2. The number of rotatable bonds is 7. The van der Waals surface area contributed by atoms with E-state index in [-0.39, 0.29) is 6.42 Å². The molecule has 1 atom stereocenters. The Morgan fingerprint density at radius 2 is 1.79 bits per heavy atom. The first-order chi connectivity index (χ1) is 13.5. The normalized spacial score (nSPS) is 13.4. The molecular weight excluding hydrogens is 362 g/mol. The maximum Gasteiger partial charge on any atom is 0.311 e. The molecule has 1 heterocycles. The Bertz CT molecular complexity index is 833. The van der Waals surface area contributed by atoms with Crippen molar-refractivity contribution in [3.05, 3.63) is 48.0 Å². The zero-order valence-electron chi connectivity index (χ0n) is 15.9. The summed E-state index contributed by atoms with van der Waals surface area (Å²) in [4.78, 5) is 24.4. The largest absolute Gasteiger partial charge is 0.494 e. The highest BCUT2D eigenvalue weighted by molar-refractivity contribution is 5.95. The highest BCUT2D eigenvalue weighted by Crippen LogP contribution is 2.30. The van der Waals surface area contributed by atoms with Crippen LogP contribution in [0.4, 0.5) is 5.69 Å². The van der Waals surface area contributed by atoms with Crippen molar-refractivity contribution in [1.82, 2.24) is 0 Å². The van der Waals surface area contributed by atoms with Crippen molar-refractivity contribution in [2.45, 2.75) is 26.4 Å². The second-order valence-corrected chi connectivity index (χ2v) is 6.23. The SMILES string of the molecule is CCOc1ccc(NC(=O)C(C)OC(=O)Cc2ccc3c(c2)OCCO3)cc1. The number of nitrogens with one attached hydrogen (secondary N) is 1. The van der Waals surface area contributed by atoms with E-state index in [2.05, 4.69) is 5.32 Å². The van der Waals surface area contributed by atoms with Crippen molar-refractivity contribution >= 4 is 17.6 Å². The van der Waals surface area contributed by atoms with E-state index in [0.717, 1.165) is 11.3 Å². The van der Waals surface area contributed by atoms with Gasteiger partial charge in [-0.15, -0.1) is 0 Å². The molecule has 0 bridgehead atoms. The van der Waals surface area contributed by atoms with E-state index >= 15 is 0 Å². The quantitative estimate of drug-likeness (QED) is 0.738. The Hall–Kier alpha value is -3.22. The number of hydrogen-bond donors (Lipinski definition) is 1. The van der Waals surface area contributed by atoms with Gasteiger partial charge in [0.05, 0.1) is 13.0 Å². The Kier molecular flexibility index (Phi) is 6.37. The molecule has 7 nitrogen and oxygen atoms in total. The minimum atomic E-state index is -0.920. The molecule has 28 heavy (non-hydrogen) atoms.